The van der Waals surface area contributed by atoms with Crippen LogP contribution < -0.4 is 10.6 Å². The Bertz CT molecular complexity index is 480. The quantitative estimate of drug-likeness (QED) is 0.694. The third-order valence-corrected chi connectivity index (χ3v) is 3.60. The summed E-state index contributed by atoms with van der Waals surface area (Å²) in [6.07, 6.45) is 3.28. The topological polar surface area (TPSA) is 58.2 Å². The average molecular weight is 349 g/mol. The molecule has 2 N–H and O–H groups in total. The van der Waals surface area contributed by atoms with Crippen LogP contribution in [0.25, 0.3) is 0 Å². The minimum atomic E-state index is 0.0844. The van der Waals surface area contributed by atoms with Crippen LogP contribution in [0.2, 0.25) is 0 Å². The number of para-hydroxylation sites is 1. The van der Waals surface area contributed by atoms with E-state index in [0.29, 0.717) is 30.7 Å². The lowest BCUT2D eigenvalue weighted by Gasteiger charge is -2.15. The fraction of sp³-hybridized carbons (Fsp3) is 0.619. The van der Waals surface area contributed by atoms with Crippen LogP contribution in [0, 0.1) is 11.8 Å². The molecule has 142 valence electrons. The van der Waals surface area contributed by atoms with E-state index in [2.05, 4.69) is 38.3 Å². The van der Waals surface area contributed by atoms with Gasteiger partial charge in [0, 0.05) is 24.6 Å². The molecule has 0 saturated heterocycles. The molecule has 0 aliphatic heterocycles. The second kappa shape index (κ2) is 13.5. The fourth-order valence-corrected chi connectivity index (χ4v) is 2.25. The van der Waals surface area contributed by atoms with Crippen molar-refractivity contribution in [2.24, 2.45) is 11.8 Å². The number of hydrogen-bond donors (Lipinski definition) is 2. The highest BCUT2D eigenvalue weighted by atomic mass is 16.2. The summed E-state index contributed by atoms with van der Waals surface area (Å²) in [4.78, 5) is 22.6. The Hall–Kier alpha value is -1.84. The SMILES string of the molecule is CC(C)CC(=O)Nc1ccccc1.CCC(CC)NC(=O)CC(C)C. The van der Waals surface area contributed by atoms with E-state index in [4.69, 9.17) is 0 Å². The molecule has 0 radical (unpaired) electrons. The molecule has 1 aromatic carbocycles. The molecule has 0 aliphatic carbocycles. The maximum Gasteiger partial charge on any atom is 0.224 e. The summed E-state index contributed by atoms with van der Waals surface area (Å²) in [5.74, 6) is 1.14. The van der Waals surface area contributed by atoms with E-state index in [-0.39, 0.29) is 11.8 Å². The Balaban J connectivity index is 0.000000463. The summed E-state index contributed by atoms with van der Waals surface area (Å²) in [5, 5.41) is 5.84. The third-order valence-electron chi connectivity index (χ3n) is 3.60. The van der Waals surface area contributed by atoms with Crippen LogP contribution in [0.1, 0.15) is 67.2 Å². The first kappa shape index (κ1) is 23.2. The first-order valence-corrected chi connectivity index (χ1v) is 9.42. The molecule has 4 nitrogen and oxygen atoms in total. The number of nitrogens with one attached hydrogen (secondary N) is 2. The van der Waals surface area contributed by atoms with Crippen molar-refractivity contribution in [3.63, 3.8) is 0 Å². The molecule has 0 unspecified atom stereocenters. The number of rotatable bonds is 8. The summed E-state index contributed by atoms with van der Waals surface area (Å²) in [5.41, 5.74) is 0.869. The molecule has 4 heteroatoms. The number of anilines is 1. The van der Waals surface area contributed by atoms with E-state index >= 15 is 0 Å². The Morgan fingerprint density at radius 2 is 1.32 bits per heavy atom. The molecule has 0 heterocycles. The molecule has 25 heavy (non-hydrogen) atoms. The van der Waals surface area contributed by atoms with Crippen LogP contribution >= 0.6 is 0 Å². The third kappa shape index (κ3) is 13.2. The predicted molar refractivity (Wildman–Crippen MR) is 106 cm³/mol. The largest absolute Gasteiger partial charge is 0.353 e. The number of hydrogen-bond acceptors (Lipinski definition) is 2. The van der Waals surface area contributed by atoms with E-state index in [1.807, 2.05) is 44.2 Å². The van der Waals surface area contributed by atoms with Crippen LogP contribution in [0.3, 0.4) is 0 Å². The Morgan fingerprint density at radius 3 is 1.76 bits per heavy atom. The lowest BCUT2D eigenvalue weighted by atomic mass is 10.1. The van der Waals surface area contributed by atoms with Crippen LogP contribution in [0.4, 0.5) is 5.69 Å². The maximum atomic E-state index is 11.3. The number of carbonyl (C=O) groups excluding carboxylic acids is 2. The molecule has 0 aliphatic rings. The summed E-state index contributed by atoms with van der Waals surface area (Å²) in [6.45, 7) is 12.4. The van der Waals surface area contributed by atoms with Gasteiger partial charge < -0.3 is 10.6 Å². The van der Waals surface area contributed by atoms with E-state index in [9.17, 15) is 9.59 Å². The lowest BCUT2D eigenvalue weighted by molar-refractivity contribution is -0.122. The Morgan fingerprint density at radius 1 is 0.840 bits per heavy atom. The average Bonchev–Trinajstić information content (AvgIpc) is 2.52. The van der Waals surface area contributed by atoms with Crippen molar-refractivity contribution >= 4 is 17.5 Å². The van der Waals surface area contributed by atoms with E-state index in [1.54, 1.807) is 0 Å². The zero-order valence-corrected chi connectivity index (χ0v) is 16.8. The zero-order valence-electron chi connectivity index (χ0n) is 16.8. The molecular weight excluding hydrogens is 312 g/mol. The van der Waals surface area contributed by atoms with E-state index in [0.717, 1.165) is 18.5 Å². The van der Waals surface area contributed by atoms with Gasteiger partial charge >= 0.3 is 0 Å². The summed E-state index contributed by atoms with van der Waals surface area (Å²) < 4.78 is 0. The van der Waals surface area contributed by atoms with Gasteiger partial charge in [-0.3, -0.25) is 9.59 Å². The van der Waals surface area contributed by atoms with Crippen LogP contribution in [-0.2, 0) is 9.59 Å². The Kier molecular flexibility index (Phi) is 12.5. The minimum absolute atomic E-state index is 0.0844. The normalized spacial score (nSPS) is 10.4. The number of benzene rings is 1. The molecule has 0 bridgehead atoms. The van der Waals surface area contributed by atoms with Gasteiger partial charge in [0.15, 0.2) is 0 Å². The molecule has 0 saturated carbocycles. The van der Waals surface area contributed by atoms with Crippen molar-refractivity contribution in [1.29, 1.82) is 0 Å². The highest BCUT2D eigenvalue weighted by Crippen LogP contribution is 2.07. The van der Waals surface area contributed by atoms with Crippen LogP contribution in [0.15, 0.2) is 30.3 Å². The number of carbonyl (C=O) groups is 2. The van der Waals surface area contributed by atoms with Gasteiger partial charge in [0.2, 0.25) is 11.8 Å². The molecule has 2 amide bonds. The van der Waals surface area contributed by atoms with Crippen molar-refractivity contribution in [2.75, 3.05) is 5.32 Å². The smallest absolute Gasteiger partial charge is 0.224 e. The van der Waals surface area contributed by atoms with Crippen molar-refractivity contribution in [1.82, 2.24) is 5.32 Å². The standard InChI is InChI=1S/C11H15NO.C10H21NO/c1-9(2)8-11(13)12-10-6-4-3-5-7-10;1-5-9(6-2)11-10(12)7-8(3)4/h3-7,9H,8H2,1-2H3,(H,12,13);8-9H,5-7H2,1-4H3,(H,11,12). The van der Waals surface area contributed by atoms with Gasteiger partial charge in [0.1, 0.15) is 0 Å². The van der Waals surface area contributed by atoms with Gasteiger partial charge in [0.05, 0.1) is 0 Å². The molecule has 0 fully saturated rings. The molecule has 0 spiro atoms. The monoisotopic (exact) mass is 348 g/mol. The van der Waals surface area contributed by atoms with Gasteiger partial charge in [-0.1, -0.05) is 59.7 Å². The fourth-order valence-electron chi connectivity index (χ4n) is 2.25. The molecular formula is C21H36N2O2. The van der Waals surface area contributed by atoms with Crippen molar-refractivity contribution < 1.29 is 9.59 Å². The van der Waals surface area contributed by atoms with Crippen LogP contribution in [-0.4, -0.2) is 17.9 Å². The van der Waals surface area contributed by atoms with Crippen molar-refractivity contribution in [2.45, 2.75) is 73.3 Å². The van der Waals surface area contributed by atoms with Gasteiger partial charge in [-0.2, -0.15) is 0 Å². The van der Waals surface area contributed by atoms with Gasteiger partial charge in [-0.05, 0) is 36.8 Å². The van der Waals surface area contributed by atoms with Crippen molar-refractivity contribution in [3.05, 3.63) is 30.3 Å². The van der Waals surface area contributed by atoms with Gasteiger partial charge in [-0.15, -0.1) is 0 Å². The minimum Gasteiger partial charge on any atom is -0.353 e. The van der Waals surface area contributed by atoms with E-state index < -0.39 is 0 Å². The highest BCUT2D eigenvalue weighted by Gasteiger charge is 2.09. The van der Waals surface area contributed by atoms with E-state index in [1.165, 1.54) is 0 Å². The van der Waals surface area contributed by atoms with Gasteiger partial charge in [-0.25, -0.2) is 0 Å². The Labute approximate surface area is 153 Å². The molecule has 1 aromatic rings. The number of amides is 2. The molecule has 0 aromatic heterocycles. The summed E-state index contributed by atoms with van der Waals surface area (Å²) in [7, 11) is 0. The lowest BCUT2D eigenvalue weighted by Crippen LogP contribution is -2.34. The second-order valence-electron chi connectivity index (χ2n) is 7.19. The highest BCUT2D eigenvalue weighted by molar-refractivity contribution is 5.90. The van der Waals surface area contributed by atoms with Crippen molar-refractivity contribution in [3.8, 4) is 0 Å². The predicted octanol–water partition coefficient (Wildman–Crippen LogP) is 5.01. The summed E-state index contributed by atoms with van der Waals surface area (Å²) >= 11 is 0. The van der Waals surface area contributed by atoms with Gasteiger partial charge in [0.25, 0.3) is 0 Å². The summed E-state index contributed by atoms with van der Waals surface area (Å²) in [6, 6.07) is 9.89. The first-order valence-electron chi connectivity index (χ1n) is 9.42. The molecule has 1 rings (SSSR count). The zero-order chi connectivity index (χ0) is 19.2. The van der Waals surface area contributed by atoms with Crippen LogP contribution in [0.5, 0.6) is 0 Å². The maximum absolute atomic E-state index is 11.3. The molecule has 0 atom stereocenters. The first-order chi connectivity index (χ1) is 11.8. The second-order valence-corrected chi connectivity index (χ2v) is 7.19.